The van der Waals surface area contributed by atoms with Gasteiger partial charge in [-0.05, 0) is 43.1 Å². The third-order valence-corrected chi connectivity index (χ3v) is 4.07. The summed E-state index contributed by atoms with van der Waals surface area (Å²) in [7, 11) is 1.76. The van der Waals surface area contributed by atoms with E-state index >= 15 is 0 Å². The molecule has 0 fully saturated rings. The van der Waals surface area contributed by atoms with Crippen LogP contribution in [0.1, 0.15) is 38.8 Å². The number of hydrogen-bond acceptors (Lipinski definition) is 6. The van der Waals surface area contributed by atoms with Gasteiger partial charge in [0, 0.05) is 5.39 Å². The summed E-state index contributed by atoms with van der Waals surface area (Å²) in [6, 6.07) is 8.07. The van der Waals surface area contributed by atoms with Gasteiger partial charge in [-0.3, -0.25) is 0 Å². The Balaban J connectivity index is 2.13. The van der Waals surface area contributed by atoms with Gasteiger partial charge in [0.15, 0.2) is 0 Å². The Hall–Kier alpha value is -2.28. The van der Waals surface area contributed by atoms with Crippen molar-refractivity contribution in [3.05, 3.63) is 47.0 Å². The molecule has 2 unspecified atom stereocenters. The minimum Gasteiger partial charge on any atom is -0.390 e. The molecule has 2 aromatic rings. The monoisotopic (exact) mass is 315 g/mol. The van der Waals surface area contributed by atoms with Crippen molar-refractivity contribution in [3.8, 4) is 0 Å². The predicted octanol–water partition coefficient (Wildman–Crippen LogP) is 1.15. The van der Waals surface area contributed by atoms with Gasteiger partial charge >= 0.3 is 11.9 Å². The Morgan fingerprint density at radius 1 is 1.09 bits per heavy atom. The average Bonchev–Trinajstić information content (AvgIpc) is 2.56. The Morgan fingerprint density at radius 3 is 2.48 bits per heavy atom. The first-order valence-corrected chi connectivity index (χ1v) is 7.37. The maximum absolute atomic E-state index is 11.9. The van der Waals surface area contributed by atoms with Gasteiger partial charge in [-0.25, -0.2) is 9.59 Å². The lowest BCUT2D eigenvalue weighted by molar-refractivity contribution is 0.0148. The summed E-state index contributed by atoms with van der Waals surface area (Å²) in [6.45, 7) is 0.560. The number of aliphatic hydroxyl groups is 2. The van der Waals surface area contributed by atoms with Crippen molar-refractivity contribution < 1.29 is 24.5 Å². The second-order valence-electron chi connectivity index (χ2n) is 5.51. The van der Waals surface area contributed by atoms with Gasteiger partial charge in [-0.1, -0.05) is 18.2 Å². The van der Waals surface area contributed by atoms with Crippen molar-refractivity contribution in [1.29, 1.82) is 0 Å². The van der Waals surface area contributed by atoms with E-state index in [0.717, 1.165) is 0 Å². The maximum Gasteiger partial charge on any atom is 0.346 e. The van der Waals surface area contributed by atoms with Crippen molar-refractivity contribution in [2.24, 2.45) is 0 Å². The Labute approximate surface area is 132 Å². The van der Waals surface area contributed by atoms with E-state index in [1.807, 2.05) is 0 Å². The van der Waals surface area contributed by atoms with Crippen LogP contribution in [0.2, 0.25) is 0 Å². The molecule has 3 rings (SSSR count). The van der Waals surface area contributed by atoms with Gasteiger partial charge in [-0.15, -0.1) is 0 Å². The molecule has 1 aliphatic rings. The normalized spacial score (nSPS) is 16.3. The van der Waals surface area contributed by atoms with E-state index in [9.17, 15) is 19.8 Å². The number of hydrogen-bond donors (Lipinski definition) is 3. The van der Waals surface area contributed by atoms with Gasteiger partial charge in [0.1, 0.15) is 6.10 Å². The Kier molecular flexibility index (Phi) is 4.12. The number of cyclic esters (lactones) is 2. The standard InChI is InChI=1S/C17H17NO5/c1-18-8-7-13(19)15(20)10-5-6-12-14-9(10)3-2-4-11(14)16(21)23-17(12)22/h2-6,13,15,18-20H,7-8H2,1H3. The van der Waals surface area contributed by atoms with Crippen LogP contribution in [0.15, 0.2) is 30.3 Å². The fraction of sp³-hybridized carbons (Fsp3) is 0.294. The van der Waals surface area contributed by atoms with Gasteiger partial charge in [-0.2, -0.15) is 0 Å². The first-order chi connectivity index (χ1) is 11.0. The number of aliphatic hydroxyl groups excluding tert-OH is 2. The number of carbonyl (C=O) groups excluding carboxylic acids is 2. The lowest BCUT2D eigenvalue weighted by Gasteiger charge is -2.22. The molecule has 1 heterocycles. The molecule has 2 atom stereocenters. The zero-order chi connectivity index (χ0) is 16.6. The molecule has 0 amide bonds. The topological polar surface area (TPSA) is 95.9 Å². The van der Waals surface area contributed by atoms with Crippen LogP contribution in [0.5, 0.6) is 0 Å². The molecule has 0 aromatic heterocycles. The molecular formula is C17H17NO5. The molecule has 0 spiro atoms. The second-order valence-corrected chi connectivity index (χ2v) is 5.51. The van der Waals surface area contributed by atoms with Crippen LogP contribution in [0, 0.1) is 0 Å². The average molecular weight is 315 g/mol. The van der Waals surface area contributed by atoms with Crippen LogP contribution in [0.3, 0.4) is 0 Å². The number of rotatable bonds is 5. The van der Waals surface area contributed by atoms with E-state index in [1.165, 1.54) is 6.07 Å². The number of ether oxygens (including phenoxy) is 1. The zero-order valence-electron chi connectivity index (χ0n) is 12.6. The first kappa shape index (κ1) is 15.6. The molecule has 6 heteroatoms. The molecule has 3 N–H and O–H groups in total. The lowest BCUT2D eigenvalue weighted by atomic mass is 9.90. The minimum absolute atomic E-state index is 0.288. The highest BCUT2D eigenvalue weighted by molar-refractivity contribution is 6.21. The van der Waals surface area contributed by atoms with Crippen molar-refractivity contribution in [2.75, 3.05) is 13.6 Å². The summed E-state index contributed by atoms with van der Waals surface area (Å²) >= 11 is 0. The van der Waals surface area contributed by atoms with Gasteiger partial charge in [0.2, 0.25) is 0 Å². The summed E-state index contributed by atoms with van der Waals surface area (Å²) in [5.41, 5.74) is 1.06. The van der Waals surface area contributed by atoms with E-state index in [-0.39, 0.29) is 11.1 Å². The van der Waals surface area contributed by atoms with E-state index in [4.69, 9.17) is 4.74 Å². The Bertz CT molecular complexity index is 766. The molecular weight excluding hydrogens is 298 g/mol. The van der Waals surface area contributed by atoms with Crippen LogP contribution >= 0.6 is 0 Å². The van der Waals surface area contributed by atoms with Crippen LogP contribution in [0.25, 0.3) is 10.8 Å². The number of nitrogens with one attached hydrogen (secondary N) is 1. The fourth-order valence-corrected chi connectivity index (χ4v) is 2.88. The largest absolute Gasteiger partial charge is 0.390 e. The number of esters is 2. The molecule has 2 aromatic carbocycles. The van der Waals surface area contributed by atoms with Crippen LogP contribution in [-0.4, -0.2) is 41.8 Å². The summed E-state index contributed by atoms with van der Waals surface area (Å²) in [5, 5.41) is 24.5. The molecule has 0 bridgehead atoms. The molecule has 6 nitrogen and oxygen atoms in total. The van der Waals surface area contributed by atoms with E-state index in [0.29, 0.717) is 29.3 Å². The van der Waals surface area contributed by atoms with E-state index in [2.05, 4.69) is 5.32 Å². The highest BCUT2D eigenvalue weighted by Gasteiger charge is 2.29. The van der Waals surface area contributed by atoms with E-state index in [1.54, 1.807) is 31.3 Å². The third kappa shape index (κ3) is 2.61. The number of carbonyl (C=O) groups is 2. The summed E-state index contributed by atoms with van der Waals surface area (Å²) < 4.78 is 4.71. The summed E-state index contributed by atoms with van der Waals surface area (Å²) in [6.07, 6.45) is -1.69. The zero-order valence-corrected chi connectivity index (χ0v) is 12.6. The van der Waals surface area contributed by atoms with Crippen LogP contribution < -0.4 is 5.32 Å². The molecule has 120 valence electrons. The molecule has 0 radical (unpaired) electrons. The highest BCUT2D eigenvalue weighted by atomic mass is 16.6. The van der Waals surface area contributed by atoms with Crippen molar-refractivity contribution in [2.45, 2.75) is 18.6 Å². The number of benzene rings is 2. The highest BCUT2D eigenvalue weighted by Crippen LogP contribution is 2.34. The fourth-order valence-electron chi connectivity index (χ4n) is 2.88. The molecule has 23 heavy (non-hydrogen) atoms. The smallest absolute Gasteiger partial charge is 0.346 e. The van der Waals surface area contributed by atoms with Gasteiger partial charge in [0.05, 0.1) is 17.2 Å². The molecule has 1 aliphatic heterocycles. The Morgan fingerprint density at radius 2 is 1.78 bits per heavy atom. The van der Waals surface area contributed by atoms with Crippen LogP contribution in [-0.2, 0) is 4.74 Å². The van der Waals surface area contributed by atoms with Crippen molar-refractivity contribution >= 4 is 22.7 Å². The lowest BCUT2D eigenvalue weighted by Crippen LogP contribution is -2.24. The van der Waals surface area contributed by atoms with Crippen molar-refractivity contribution in [3.63, 3.8) is 0 Å². The second kappa shape index (κ2) is 6.08. The van der Waals surface area contributed by atoms with Gasteiger partial charge in [0.25, 0.3) is 0 Å². The molecule has 0 saturated carbocycles. The van der Waals surface area contributed by atoms with Gasteiger partial charge < -0.3 is 20.3 Å². The van der Waals surface area contributed by atoms with Crippen LogP contribution in [0.4, 0.5) is 0 Å². The summed E-state index contributed by atoms with van der Waals surface area (Å²) in [5.74, 6) is -1.40. The quantitative estimate of drug-likeness (QED) is 0.566. The predicted molar refractivity (Wildman–Crippen MR) is 83.2 cm³/mol. The minimum atomic E-state index is -1.11. The first-order valence-electron chi connectivity index (χ1n) is 7.37. The maximum atomic E-state index is 11.9. The summed E-state index contributed by atoms with van der Waals surface area (Å²) in [4.78, 5) is 23.8. The van der Waals surface area contributed by atoms with E-state index < -0.39 is 24.1 Å². The molecule has 0 aliphatic carbocycles. The third-order valence-electron chi connectivity index (χ3n) is 4.07. The van der Waals surface area contributed by atoms with Crippen molar-refractivity contribution in [1.82, 2.24) is 5.32 Å². The SMILES string of the molecule is CNCCC(O)C(O)c1ccc2c3c(cccc13)C(=O)OC2=O. The molecule has 0 saturated heterocycles.